The van der Waals surface area contributed by atoms with Crippen LogP contribution in [0.15, 0.2) is 121 Å². The molecule has 5 atom stereocenters. The molecule has 0 unspecified atom stereocenters. The lowest BCUT2D eigenvalue weighted by Crippen LogP contribution is -2.63. The number of rotatable bonds is 15. The summed E-state index contributed by atoms with van der Waals surface area (Å²) in [4.78, 5) is 54.0. The normalized spacial score (nSPS) is 19.9. The van der Waals surface area contributed by atoms with Gasteiger partial charge in [-0.2, -0.15) is 0 Å². The van der Waals surface area contributed by atoms with Crippen LogP contribution in [0, 0.1) is 0 Å². The second kappa shape index (κ2) is 18.4. The van der Waals surface area contributed by atoms with Gasteiger partial charge in [-0.1, -0.05) is 72.8 Å². The Kier molecular flexibility index (Phi) is 13.4. The Bertz CT molecular complexity index is 1810. The molecule has 1 aliphatic heterocycles. The summed E-state index contributed by atoms with van der Waals surface area (Å²) >= 11 is 0. The summed E-state index contributed by atoms with van der Waals surface area (Å²) in [5.74, 6) is -3.42. The highest BCUT2D eigenvalue weighted by Crippen LogP contribution is 2.52. The van der Waals surface area contributed by atoms with Gasteiger partial charge in [0.05, 0.1) is 35.5 Å². The minimum Gasteiger partial charge on any atom is -0.459 e. The van der Waals surface area contributed by atoms with E-state index < -0.39 is 69.0 Å². The average molecular weight is 733 g/mol. The largest absolute Gasteiger partial charge is 0.477 e. The quantitative estimate of drug-likeness (QED) is 0.0747. The van der Waals surface area contributed by atoms with Crippen LogP contribution in [-0.4, -0.2) is 74.4 Å². The smallest absolute Gasteiger partial charge is 0.459 e. The molecule has 1 fully saturated rings. The van der Waals surface area contributed by atoms with Crippen LogP contribution < -0.4 is 0 Å². The predicted molar refractivity (Wildman–Crippen MR) is 184 cm³/mol. The molecule has 1 heterocycles. The first-order valence-corrected chi connectivity index (χ1v) is 17.9. The fraction of sp³-hybridized carbons (Fsp3) is 0.263. The number of benzene rings is 4. The van der Waals surface area contributed by atoms with Gasteiger partial charge in [0.1, 0.15) is 12.7 Å². The first kappa shape index (κ1) is 38.1. The number of hydrogen-bond acceptors (Lipinski definition) is 13. The molecule has 1 saturated heterocycles. The lowest BCUT2D eigenvalue weighted by Gasteiger charge is -2.44. The van der Waals surface area contributed by atoms with Crippen molar-refractivity contribution >= 4 is 31.7 Å². The summed E-state index contributed by atoms with van der Waals surface area (Å²) in [6, 6.07) is 31.8. The lowest BCUT2D eigenvalue weighted by atomic mass is 9.97. The maximum absolute atomic E-state index is 13.8. The predicted octanol–water partition coefficient (Wildman–Crippen LogP) is 6.44. The molecule has 0 N–H and O–H groups in total. The second-order valence-corrected chi connectivity index (χ2v) is 12.7. The SMILES string of the molecule is CCOP(=O)(OCC)O[C@@H]1O[C@H](COC(=O)c2ccccc2)[C@H](OC(=O)c2ccccc2)[C@H](OC(=O)c2ccccc2)[C@H]1OC(=O)c1ccccc1. The molecule has 4 aromatic carbocycles. The van der Waals surface area contributed by atoms with Crippen LogP contribution in [0.4, 0.5) is 0 Å². The summed E-state index contributed by atoms with van der Waals surface area (Å²) in [7, 11) is -4.44. The summed E-state index contributed by atoms with van der Waals surface area (Å²) in [5.41, 5.74) is 0.546. The molecule has 0 saturated carbocycles. The Balaban J connectivity index is 1.60. The van der Waals surface area contributed by atoms with Crippen molar-refractivity contribution in [3.8, 4) is 0 Å². The van der Waals surface area contributed by atoms with Crippen molar-refractivity contribution in [2.45, 2.75) is 44.6 Å². The minimum atomic E-state index is -4.44. The summed E-state index contributed by atoms with van der Waals surface area (Å²) in [6.45, 7) is 2.30. The van der Waals surface area contributed by atoms with E-state index in [1.807, 2.05) is 0 Å². The van der Waals surface area contributed by atoms with Crippen molar-refractivity contribution in [3.05, 3.63) is 144 Å². The van der Waals surface area contributed by atoms with E-state index in [1.165, 1.54) is 48.5 Å². The Morgan fingerprint density at radius 2 is 0.904 bits per heavy atom. The van der Waals surface area contributed by atoms with Gasteiger partial charge in [0.15, 0.2) is 18.3 Å². The van der Waals surface area contributed by atoms with E-state index in [0.29, 0.717) is 0 Å². The van der Waals surface area contributed by atoms with Gasteiger partial charge in [-0.25, -0.2) is 23.7 Å². The van der Waals surface area contributed by atoms with Crippen molar-refractivity contribution < 1.29 is 61.0 Å². The zero-order valence-electron chi connectivity index (χ0n) is 28.3. The molecular weight excluding hydrogens is 695 g/mol. The molecule has 0 bridgehead atoms. The molecule has 1 aliphatic rings. The number of hydrogen-bond donors (Lipinski definition) is 0. The Morgan fingerprint density at radius 1 is 0.538 bits per heavy atom. The molecule has 13 nitrogen and oxygen atoms in total. The van der Waals surface area contributed by atoms with Crippen molar-refractivity contribution in [1.29, 1.82) is 0 Å². The molecule has 0 spiro atoms. The zero-order valence-corrected chi connectivity index (χ0v) is 29.2. The third-order valence-corrected chi connectivity index (χ3v) is 9.16. The zero-order chi connectivity index (χ0) is 36.9. The molecule has 272 valence electrons. The fourth-order valence-corrected chi connectivity index (χ4v) is 6.41. The number of carbonyl (C=O) groups excluding carboxylic acids is 4. The van der Waals surface area contributed by atoms with E-state index in [1.54, 1.807) is 86.6 Å². The van der Waals surface area contributed by atoms with Gasteiger partial charge in [-0.15, -0.1) is 0 Å². The first-order chi connectivity index (χ1) is 25.2. The lowest BCUT2D eigenvalue weighted by molar-refractivity contribution is -0.279. The van der Waals surface area contributed by atoms with Gasteiger partial charge in [-0.05, 0) is 62.4 Å². The highest BCUT2D eigenvalue weighted by Gasteiger charge is 2.55. The highest BCUT2D eigenvalue weighted by molar-refractivity contribution is 7.48. The second-order valence-electron chi connectivity index (χ2n) is 11.1. The summed E-state index contributed by atoms with van der Waals surface area (Å²) in [6.07, 6.45) is -8.37. The van der Waals surface area contributed by atoms with Gasteiger partial charge < -0.3 is 23.7 Å². The topological polar surface area (TPSA) is 159 Å². The highest BCUT2D eigenvalue weighted by atomic mass is 31.2. The molecule has 0 aliphatic carbocycles. The Hall–Kier alpha value is -5.17. The van der Waals surface area contributed by atoms with Crippen LogP contribution in [0.3, 0.4) is 0 Å². The van der Waals surface area contributed by atoms with Gasteiger partial charge in [-0.3, -0.25) is 13.6 Å². The van der Waals surface area contributed by atoms with Crippen molar-refractivity contribution in [3.63, 3.8) is 0 Å². The van der Waals surface area contributed by atoms with Gasteiger partial charge in [0.25, 0.3) is 0 Å². The fourth-order valence-electron chi connectivity index (χ4n) is 5.15. The van der Waals surface area contributed by atoms with Crippen molar-refractivity contribution in [2.24, 2.45) is 0 Å². The molecule has 14 heteroatoms. The van der Waals surface area contributed by atoms with E-state index in [9.17, 15) is 23.7 Å². The number of ether oxygens (including phenoxy) is 5. The first-order valence-electron chi connectivity index (χ1n) is 16.4. The van der Waals surface area contributed by atoms with Crippen molar-refractivity contribution in [1.82, 2.24) is 0 Å². The Labute approximate surface area is 300 Å². The molecule has 0 aromatic heterocycles. The van der Waals surface area contributed by atoms with Gasteiger partial charge in [0.2, 0.25) is 6.29 Å². The molecule has 0 amide bonds. The summed E-state index contributed by atoms with van der Waals surface area (Å²) < 4.78 is 59.9. The van der Waals surface area contributed by atoms with Gasteiger partial charge >= 0.3 is 31.7 Å². The van der Waals surface area contributed by atoms with Crippen molar-refractivity contribution in [2.75, 3.05) is 19.8 Å². The third-order valence-electron chi connectivity index (χ3n) is 7.54. The summed E-state index contributed by atoms with van der Waals surface area (Å²) in [5, 5.41) is 0. The van der Waals surface area contributed by atoms with Crippen LogP contribution >= 0.6 is 7.82 Å². The van der Waals surface area contributed by atoms with Gasteiger partial charge in [0, 0.05) is 0 Å². The maximum Gasteiger partial charge on any atom is 0.477 e. The molecule has 5 rings (SSSR count). The van der Waals surface area contributed by atoms with Crippen LogP contribution in [-0.2, 0) is 41.8 Å². The number of esters is 4. The van der Waals surface area contributed by atoms with E-state index >= 15 is 0 Å². The molecular formula is C38H37O13P. The third kappa shape index (κ3) is 9.99. The monoisotopic (exact) mass is 732 g/mol. The van der Waals surface area contributed by atoms with Crippen LogP contribution in [0.5, 0.6) is 0 Å². The molecule has 4 aromatic rings. The average Bonchev–Trinajstić information content (AvgIpc) is 3.17. The molecule has 52 heavy (non-hydrogen) atoms. The maximum atomic E-state index is 13.8. The van der Waals surface area contributed by atoms with E-state index in [-0.39, 0.29) is 35.5 Å². The van der Waals surface area contributed by atoms with Crippen LogP contribution in [0.25, 0.3) is 0 Å². The van der Waals surface area contributed by atoms with Crippen LogP contribution in [0.1, 0.15) is 55.3 Å². The van der Waals surface area contributed by atoms with E-state index in [4.69, 9.17) is 37.3 Å². The van der Waals surface area contributed by atoms with Crippen LogP contribution in [0.2, 0.25) is 0 Å². The Morgan fingerprint density at radius 3 is 1.31 bits per heavy atom. The van der Waals surface area contributed by atoms with E-state index in [0.717, 1.165) is 0 Å². The minimum absolute atomic E-state index is 0.101. The van der Waals surface area contributed by atoms with E-state index in [2.05, 4.69) is 0 Å². The molecule has 0 radical (unpaired) electrons. The number of carbonyl (C=O) groups is 4. The number of phosphoric acid groups is 1. The standard InChI is InChI=1S/C38H37O13P/c1-3-45-52(43,46-4-2)51-38-33(50-37(42)29-23-15-8-16-24-29)32(49-36(41)28-21-13-7-14-22-28)31(48-35(40)27-19-11-6-12-20-27)30(47-38)25-44-34(39)26-17-9-5-10-18-26/h5-24,30-33,38H,3-4,25H2,1-2H3/t30-,31+,32+,33-,38+/m1/s1. The number of phosphoric ester groups is 1.